The molecule has 0 saturated carbocycles. The van der Waals surface area contributed by atoms with E-state index in [-0.39, 0.29) is 49.5 Å². The van der Waals surface area contributed by atoms with Gasteiger partial charge in [-0.25, -0.2) is 9.78 Å². The molecule has 0 spiro atoms. The number of fused-ring (bicyclic) bond motifs is 1. The molecule has 2 N–H and O–H groups in total. The molecule has 0 bridgehead atoms. The van der Waals surface area contributed by atoms with Crippen LogP contribution in [0.5, 0.6) is 0 Å². The zero-order valence-electron chi connectivity index (χ0n) is 26.3. The van der Waals surface area contributed by atoms with Crippen molar-refractivity contribution < 1.29 is 52.4 Å². The van der Waals surface area contributed by atoms with E-state index in [2.05, 4.69) is 26.2 Å². The molecule has 4 heterocycles. The van der Waals surface area contributed by atoms with Gasteiger partial charge in [-0.2, -0.15) is 14.4 Å². The Kier molecular flexibility index (Phi) is 12.8. The third-order valence-electron chi connectivity index (χ3n) is 7.89. The van der Waals surface area contributed by atoms with Gasteiger partial charge in [-0.15, -0.1) is 6.42 Å². The highest BCUT2D eigenvalue weighted by Crippen LogP contribution is 2.39. The van der Waals surface area contributed by atoms with E-state index in [9.17, 15) is 28.7 Å². The van der Waals surface area contributed by atoms with Crippen LogP contribution in [-0.4, -0.2) is 86.3 Å². The fourth-order valence-electron chi connectivity index (χ4n) is 5.44. The van der Waals surface area contributed by atoms with Gasteiger partial charge in [-0.05, 0) is 12.8 Å². The molecular formula is C31H40FN5O10. The minimum absolute atomic E-state index is 0.0225. The number of amides is 1. The van der Waals surface area contributed by atoms with E-state index >= 15 is 0 Å². The van der Waals surface area contributed by atoms with Crippen molar-refractivity contribution in [2.45, 2.75) is 108 Å². The summed E-state index contributed by atoms with van der Waals surface area (Å²) in [7, 11) is 0. The van der Waals surface area contributed by atoms with Crippen LogP contribution in [0, 0.1) is 18.4 Å². The molecule has 3 atom stereocenters. The number of ether oxygens (including phenoxy) is 5. The number of hydrogen-bond donors (Lipinski definition) is 2. The summed E-state index contributed by atoms with van der Waals surface area (Å²) in [6.07, 6.45) is 10.2. The third kappa shape index (κ3) is 9.82. The fraction of sp³-hybridized carbons (Fsp3) is 0.645. The Balaban J connectivity index is 1.46. The molecular weight excluding hydrogens is 621 g/mol. The zero-order chi connectivity index (χ0) is 33.8. The maximum atomic E-state index is 14.6. The lowest BCUT2D eigenvalue weighted by Gasteiger charge is -2.26. The summed E-state index contributed by atoms with van der Waals surface area (Å²) in [5.41, 5.74) is -1.83. The number of rotatable bonds is 5. The number of anilines is 1. The average molecular weight is 662 g/mol. The highest BCUT2D eigenvalue weighted by molar-refractivity contribution is 5.93. The number of carbonyl (C=O) groups is 4. The molecule has 0 aliphatic carbocycles. The first kappa shape index (κ1) is 35.5. The molecule has 0 unspecified atom stereocenters. The molecule has 47 heavy (non-hydrogen) atoms. The number of aromatic nitrogens is 4. The number of halogens is 1. The van der Waals surface area contributed by atoms with Crippen molar-refractivity contribution in [1.29, 1.82) is 0 Å². The number of nitrogens with one attached hydrogen (secondary N) is 1. The quantitative estimate of drug-likeness (QED) is 0.205. The molecule has 15 nitrogen and oxygen atoms in total. The number of imidazole rings is 1. The molecule has 0 aromatic carbocycles. The minimum atomic E-state index is -1.67. The lowest BCUT2D eigenvalue weighted by molar-refractivity contribution is -0.156. The summed E-state index contributed by atoms with van der Waals surface area (Å²) in [6, 6.07) is 0. The van der Waals surface area contributed by atoms with Crippen LogP contribution in [0.25, 0.3) is 11.2 Å². The smallest absolute Gasteiger partial charge is 0.413 e. The van der Waals surface area contributed by atoms with Crippen molar-refractivity contribution >= 4 is 41.0 Å². The first-order valence-electron chi connectivity index (χ1n) is 15.8. The van der Waals surface area contributed by atoms with Crippen LogP contribution in [-0.2, 0) is 38.1 Å². The van der Waals surface area contributed by atoms with E-state index in [0.29, 0.717) is 12.8 Å². The normalized spacial score (nSPS) is 24.3. The van der Waals surface area contributed by atoms with Crippen LogP contribution in [0.1, 0.15) is 90.2 Å². The molecule has 16 heteroatoms. The standard InChI is InChI=1S/C31H40FN5O10/c1-3-31(18-38)22(45-20(2)39)15-23(47-31)37-19-33-26-27(34-29(32)36-28(26)37)35-30(42)46-21-16-43-24(40)13-11-9-7-5-4-6-8-10-12-14-25(41)44-17-21/h1,19,21-23,38H,4-18H2,2H3,(H,34,35,36,42)/t22-,23+,31+/m0/s1. The Bertz CT molecular complexity index is 1430. The van der Waals surface area contributed by atoms with Gasteiger partial charge in [0.25, 0.3) is 0 Å². The minimum Gasteiger partial charge on any atom is -0.462 e. The van der Waals surface area contributed by atoms with Gasteiger partial charge in [0, 0.05) is 26.2 Å². The van der Waals surface area contributed by atoms with Gasteiger partial charge < -0.3 is 28.8 Å². The maximum absolute atomic E-state index is 14.6. The van der Waals surface area contributed by atoms with Gasteiger partial charge in [0.2, 0.25) is 0 Å². The van der Waals surface area contributed by atoms with Gasteiger partial charge in [-0.3, -0.25) is 24.3 Å². The van der Waals surface area contributed by atoms with E-state index < -0.39 is 60.7 Å². The van der Waals surface area contributed by atoms with Gasteiger partial charge in [-0.1, -0.05) is 50.9 Å². The summed E-state index contributed by atoms with van der Waals surface area (Å²) in [6.45, 7) is -0.225. The van der Waals surface area contributed by atoms with Gasteiger partial charge in [0.15, 0.2) is 28.7 Å². The Labute approximate surface area is 270 Å². The summed E-state index contributed by atoms with van der Waals surface area (Å²) in [4.78, 5) is 60.8. The topological polar surface area (TPSA) is 190 Å². The van der Waals surface area contributed by atoms with Gasteiger partial charge >= 0.3 is 30.1 Å². The summed E-state index contributed by atoms with van der Waals surface area (Å²) < 4.78 is 43.0. The van der Waals surface area contributed by atoms with Crippen molar-refractivity contribution in [3.05, 3.63) is 12.4 Å². The van der Waals surface area contributed by atoms with Crippen LogP contribution in [0.2, 0.25) is 0 Å². The Hall–Kier alpha value is -4.36. The fourth-order valence-corrected chi connectivity index (χ4v) is 5.44. The number of aliphatic hydroxyl groups is 1. The number of carbonyl (C=O) groups excluding carboxylic acids is 4. The Morgan fingerprint density at radius 2 is 1.64 bits per heavy atom. The predicted octanol–water partition coefficient (Wildman–Crippen LogP) is 3.49. The molecule has 2 aromatic heterocycles. The molecule has 2 fully saturated rings. The van der Waals surface area contributed by atoms with Crippen LogP contribution in [0.4, 0.5) is 15.0 Å². The van der Waals surface area contributed by atoms with Crippen molar-refractivity contribution in [1.82, 2.24) is 19.5 Å². The third-order valence-corrected chi connectivity index (χ3v) is 7.89. The molecule has 2 aliphatic heterocycles. The maximum Gasteiger partial charge on any atom is 0.413 e. The Morgan fingerprint density at radius 1 is 1.04 bits per heavy atom. The van der Waals surface area contributed by atoms with Crippen LogP contribution in [0.3, 0.4) is 0 Å². The second-order valence-electron chi connectivity index (χ2n) is 11.5. The Morgan fingerprint density at radius 3 is 2.19 bits per heavy atom. The molecule has 256 valence electrons. The molecule has 2 aromatic rings. The number of aliphatic hydroxyl groups excluding tert-OH is 1. The molecule has 1 amide bonds. The SMILES string of the molecule is C#C[C@]1(CO)O[C@@H](n2cnc3c(NC(=O)OC4COC(=O)CCCCCCCCCCCC(=O)OC4)nc(F)nc32)C[C@@H]1OC(C)=O. The van der Waals surface area contributed by atoms with Gasteiger partial charge in [0.05, 0.1) is 12.9 Å². The molecule has 4 rings (SSSR count). The lowest BCUT2D eigenvalue weighted by Crippen LogP contribution is -2.43. The molecule has 2 saturated heterocycles. The van der Waals surface area contributed by atoms with Crippen molar-refractivity contribution in [3.8, 4) is 12.3 Å². The number of cyclic esters (lactones) is 2. The molecule has 2 aliphatic rings. The van der Waals surface area contributed by atoms with Gasteiger partial charge in [0.1, 0.15) is 25.5 Å². The largest absolute Gasteiger partial charge is 0.462 e. The predicted molar refractivity (Wildman–Crippen MR) is 161 cm³/mol. The first-order valence-corrected chi connectivity index (χ1v) is 15.8. The van der Waals surface area contributed by atoms with Crippen molar-refractivity contribution in [3.63, 3.8) is 0 Å². The lowest BCUT2D eigenvalue weighted by atomic mass is 9.98. The number of esters is 3. The second-order valence-corrected chi connectivity index (χ2v) is 11.5. The van der Waals surface area contributed by atoms with E-state index in [4.69, 9.17) is 30.1 Å². The summed E-state index contributed by atoms with van der Waals surface area (Å²) in [5, 5.41) is 12.3. The van der Waals surface area contributed by atoms with Crippen molar-refractivity contribution in [2.24, 2.45) is 0 Å². The highest BCUT2D eigenvalue weighted by atomic mass is 19.1. The second kappa shape index (κ2) is 17.0. The van der Waals surface area contributed by atoms with E-state index in [0.717, 1.165) is 44.9 Å². The van der Waals surface area contributed by atoms with Crippen molar-refractivity contribution in [2.75, 3.05) is 25.1 Å². The van der Waals surface area contributed by atoms with Crippen LogP contribution < -0.4 is 5.32 Å². The van der Waals surface area contributed by atoms with E-state index in [1.54, 1.807) is 0 Å². The van der Waals surface area contributed by atoms with Crippen LogP contribution in [0.15, 0.2) is 6.33 Å². The first-order chi connectivity index (χ1) is 22.6. The zero-order valence-corrected chi connectivity index (χ0v) is 26.3. The van der Waals surface area contributed by atoms with E-state index in [1.165, 1.54) is 17.8 Å². The number of terminal acetylenes is 1. The molecule has 0 radical (unpaired) electrons. The average Bonchev–Trinajstić information content (AvgIpc) is 3.62. The highest BCUT2D eigenvalue weighted by Gasteiger charge is 2.51. The van der Waals surface area contributed by atoms with E-state index in [1.807, 2.05) is 0 Å². The summed E-state index contributed by atoms with van der Waals surface area (Å²) in [5.74, 6) is 0.377. The number of nitrogens with zero attached hydrogens (tertiary/aromatic N) is 4. The van der Waals surface area contributed by atoms with Crippen LogP contribution >= 0.6 is 0 Å². The summed E-state index contributed by atoms with van der Waals surface area (Å²) >= 11 is 0. The monoisotopic (exact) mass is 661 g/mol. The number of hydrogen-bond acceptors (Lipinski definition) is 13.